The molecule has 0 saturated carbocycles. The first-order valence-corrected chi connectivity index (χ1v) is 10.5. The monoisotopic (exact) mass is 483 g/mol. The van der Waals surface area contributed by atoms with Crippen LogP contribution in [0.15, 0.2) is 24.3 Å². The van der Waals surface area contributed by atoms with E-state index >= 15 is 0 Å². The Hall–Kier alpha value is -0.510. The van der Waals surface area contributed by atoms with Gasteiger partial charge in [-0.1, -0.05) is 13.3 Å². The van der Waals surface area contributed by atoms with Gasteiger partial charge in [-0.2, -0.15) is 0 Å². The van der Waals surface area contributed by atoms with Gasteiger partial charge in [0.15, 0.2) is 0 Å². The molecule has 1 aromatic rings. The molecule has 1 atom stereocenters. The number of hydrogen-bond acceptors (Lipinski definition) is 4. The minimum absolute atomic E-state index is 0. The summed E-state index contributed by atoms with van der Waals surface area (Å²) in [6.07, 6.45) is 6.23. The molecule has 5 nitrogen and oxygen atoms in total. The quantitative estimate of drug-likeness (QED) is 0.238. The Morgan fingerprint density at radius 3 is 2.52 bits per heavy atom. The van der Waals surface area contributed by atoms with E-state index < -0.39 is 6.10 Å². The number of anilines is 1. The van der Waals surface area contributed by atoms with Gasteiger partial charge in [0, 0.05) is 12.3 Å². The first-order chi connectivity index (χ1) is 11.5. The topological polar surface area (TPSA) is 67.8 Å². The highest BCUT2D eigenvalue weighted by Gasteiger charge is 2.09. The fourth-order valence-electron chi connectivity index (χ4n) is 1.86. The van der Waals surface area contributed by atoms with E-state index in [0.717, 1.165) is 24.3 Å². The van der Waals surface area contributed by atoms with Gasteiger partial charge in [-0.15, -0.1) is 0 Å². The zero-order valence-electron chi connectivity index (χ0n) is 15.3. The Morgan fingerprint density at radius 2 is 1.92 bits per heavy atom. The van der Waals surface area contributed by atoms with Crippen LogP contribution in [0.4, 0.5) is 5.69 Å². The lowest BCUT2D eigenvalue weighted by Crippen LogP contribution is -3.00. The predicted molar refractivity (Wildman–Crippen MR) is 101 cm³/mol. The molecule has 0 aliphatic rings. The molecule has 0 aromatic heterocycles. The third-order valence-corrected chi connectivity index (χ3v) is 4.29. The number of benzene rings is 1. The summed E-state index contributed by atoms with van der Waals surface area (Å²) in [5.41, 5.74) is 0.753. The first-order valence-electron chi connectivity index (χ1n) is 8.34. The molecule has 0 heterocycles. The van der Waals surface area contributed by atoms with Crippen molar-refractivity contribution in [2.45, 2.75) is 32.3 Å². The van der Waals surface area contributed by atoms with E-state index in [1.165, 1.54) is 0 Å². The standard InChI is InChI=1S/C18H29NO4S.HI/c1-4-5-11-22-13-16(20)14-23-17-8-6-15(7-9-17)19-18(21)10-12-24(2)3;/h6-9,16,20H,4-5,10-14H2,1-3H3;1H. The second-order valence-corrected chi connectivity index (χ2v) is 8.29. The van der Waals surface area contributed by atoms with Gasteiger partial charge in [0.05, 0.1) is 25.5 Å². The SMILES string of the molecule is CCCCOCC(O)COc1ccc(NC(=O)CC[S+](C)C)cc1.[I-]. The molecule has 7 heteroatoms. The number of unbranched alkanes of at least 4 members (excludes halogenated alkanes) is 1. The molecular formula is C18H30INO4S. The smallest absolute Gasteiger partial charge is 0.229 e. The zero-order chi connectivity index (χ0) is 17.8. The maximum Gasteiger partial charge on any atom is 0.229 e. The Morgan fingerprint density at radius 1 is 1.24 bits per heavy atom. The highest BCUT2D eigenvalue weighted by Crippen LogP contribution is 2.16. The van der Waals surface area contributed by atoms with Crippen molar-refractivity contribution in [1.29, 1.82) is 0 Å². The van der Waals surface area contributed by atoms with Crippen molar-refractivity contribution in [3.8, 4) is 5.75 Å². The summed E-state index contributed by atoms with van der Waals surface area (Å²) >= 11 is 0. The van der Waals surface area contributed by atoms with Crippen LogP contribution in [-0.2, 0) is 20.4 Å². The summed E-state index contributed by atoms with van der Waals surface area (Å²) in [4.78, 5) is 11.8. The third-order valence-electron chi connectivity index (χ3n) is 3.27. The Labute approximate surface area is 171 Å². The Bertz CT molecular complexity index is 471. The maximum atomic E-state index is 11.8. The lowest BCUT2D eigenvalue weighted by molar-refractivity contribution is -0.115. The molecule has 0 saturated heterocycles. The van der Waals surface area contributed by atoms with E-state index in [4.69, 9.17) is 9.47 Å². The van der Waals surface area contributed by atoms with Gasteiger partial charge < -0.3 is 43.9 Å². The van der Waals surface area contributed by atoms with Crippen molar-refractivity contribution in [2.75, 3.05) is 43.4 Å². The van der Waals surface area contributed by atoms with E-state index in [1.54, 1.807) is 24.3 Å². The second kappa shape index (κ2) is 14.6. The van der Waals surface area contributed by atoms with Crippen molar-refractivity contribution >= 4 is 22.5 Å². The number of ether oxygens (including phenoxy) is 2. The molecule has 1 rings (SSSR count). The van der Waals surface area contributed by atoms with E-state index in [1.807, 2.05) is 0 Å². The Kier molecular flexibility index (Phi) is 14.3. The molecule has 1 aromatic carbocycles. The lowest BCUT2D eigenvalue weighted by atomic mass is 10.3. The number of halogens is 1. The van der Waals surface area contributed by atoms with Crippen molar-refractivity contribution in [1.82, 2.24) is 0 Å². The van der Waals surface area contributed by atoms with Gasteiger partial charge in [-0.25, -0.2) is 0 Å². The van der Waals surface area contributed by atoms with Crippen LogP contribution >= 0.6 is 0 Å². The molecular weight excluding hydrogens is 453 g/mol. The summed E-state index contributed by atoms with van der Waals surface area (Å²) in [5, 5.41) is 12.7. The largest absolute Gasteiger partial charge is 1.00 e. The van der Waals surface area contributed by atoms with Crippen molar-refractivity contribution in [3.05, 3.63) is 24.3 Å². The number of amides is 1. The molecule has 0 bridgehead atoms. The fraction of sp³-hybridized carbons (Fsp3) is 0.611. The number of carbonyl (C=O) groups is 1. The van der Waals surface area contributed by atoms with E-state index in [0.29, 0.717) is 18.8 Å². The van der Waals surface area contributed by atoms with Gasteiger partial charge in [-0.3, -0.25) is 4.79 Å². The molecule has 2 N–H and O–H groups in total. The molecule has 0 aliphatic heterocycles. The van der Waals surface area contributed by atoms with Gasteiger partial charge in [-0.05, 0) is 41.6 Å². The molecule has 0 fully saturated rings. The predicted octanol–water partition coefficient (Wildman–Crippen LogP) is -0.546. The zero-order valence-corrected chi connectivity index (χ0v) is 18.3. The number of nitrogens with one attached hydrogen (secondary N) is 1. The van der Waals surface area contributed by atoms with Crippen LogP contribution in [0.5, 0.6) is 5.75 Å². The second-order valence-electron chi connectivity index (χ2n) is 5.91. The van der Waals surface area contributed by atoms with Crippen LogP contribution in [0.2, 0.25) is 0 Å². The molecule has 1 amide bonds. The third kappa shape index (κ3) is 12.5. The minimum atomic E-state index is -0.641. The number of rotatable bonds is 12. The number of aliphatic hydroxyl groups is 1. The lowest BCUT2D eigenvalue weighted by Gasteiger charge is -2.13. The highest BCUT2D eigenvalue weighted by molar-refractivity contribution is 7.95. The van der Waals surface area contributed by atoms with Gasteiger partial charge >= 0.3 is 0 Å². The Balaban J connectivity index is 0.00000576. The molecule has 0 aliphatic carbocycles. The molecule has 1 unspecified atom stereocenters. The van der Waals surface area contributed by atoms with Gasteiger partial charge in [0.25, 0.3) is 0 Å². The summed E-state index contributed by atoms with van der Waals surface area (Å²) in [5.74, 6) is 1.60. The summed E-state index contributed by atoms with van der Waals surface area (Å²) < 4.78 is 10.9. The maximum absolute atomic E-state index is 11.8. The fourth-order valence-corrected chi connectivity index (χ4v) is 2.45. The minimum Gasteiger partial charge on any atom is -1.00 e. The summed E-state index contributed by atoms with van der Waals surface area (Å²) in [7, 11) is 0.276. The first kappa shape index (κ1) is 24.5. The highest BCUT2D eigenvalue weighted by atomic mass is 127. The number of carbonyl (C=O) groups excluding carboxylic acids is 1. The number of aliphatic hydroxyl groups excluding tert-OH is 1. The van der Waals surface area contributed by atoms with E-state index in [-0.39, 0.29) is 54.0 Å². The number of hydrogen-bond donors (Lipinski definition) is 2. The molecule has 25 heavy (non-hydrogen) atoms. The van der Waals surface area contributed by atoms with Crippen LogP contribution in [0, 0.1) is 0 Å². The molecule has 0 spiro atoms. The normalized spacial score (nSPS) is 11.7. The van der Waals surface area contributed by atoms with Crippen LogP contribution in [0.1, 0.15) is 26.2 Å². The summed E-state index contributed by atoms with van der Waals surface area (Å²) in [6.45, 7) is 3.23. The van der Waals surface area contributed by atoms with Crippen molar-refractivity contribution in [2.24, 2.45) is 0 Å². The molecule has 0 radical (unpaired) electrons. The van der Waals surface area contributed by atoms with Crippen molar-refractivity contribution in [3.63, 3.8) is 0 Å². The van der Waals surface area contributed by atoms with E-state index in [2.05, 4.69) is 24.8 Å². The van der Waals surface area contributed by atoms with Crippen LogP contribution in [-0.4, -0.2) is 55.2 Å². The van der Waals surface area contributed by atoms with Crippen LogP contribution in [0.3, 0.4) is 0 Å². The van der Waals surface area contributed by atoms with E-state index in [9.17, 15) is 9.90 Å². The van der Waals surface area contributed by atoms with Crippen LogP contribution < -0.4 is 34.0 Å². The molecule has 144 valence electrons. The van der Waals surface area contributed by atoms with Crippen molar-refractivity contribution < 1.29 is 43.4 Å². The average Bonchev–Trinajstić information content (AvgIpc) is 2.56. The summed E-state index contributed by atoms with van der Waals surface area (Å²) in [6, 6.07) is 7.17. The average molecular weight is 483 g/mol. The van der Waals surface area contributed by atoms with Gasteiger partial charge in [0.1, 0.15) is 24.2 Å². The van der Waals surface area contributed by atoms with Gasteiger partial charge in [0.2, 0.25) is 5.91 Å². The van der Waals surface area contributed by atoms with Crippen LogP contribution in [0.25, 0.3) is 0 Å².